The quantitative estimate of drug-likeness (QED) is 0.914. The van der Waals surface area contributed by atoms with Crippen molar-refractivity contribution in [2.24, 2.45) is 5.73 Å². The summed E-state index contributed by atoms with van der Waals surface area (Å²) in [6.45, 7) is 2.17. The van der Waals surface area contributed by atoms with Gasteiger partial charge in [-0.05, 0) is 42.7 Å². The van der Waals surface area contributed by atoms with E-state index in [1.54, 1.807) is 0 Å². The van der Waals surface area contributed by atoms with Gasteiger partial charge in [-0.15, -0.1) is 0 Å². The van der Waals surface area contributed by atoms with Crippen LogP contribution in [0.15, 0.2) is 28.8 Å². The Hall–Kier alpha value is -1.33. The molecule has 1 saturated carbocycles. The Bertz CT molecular complexity index is 575. The Morgan fingerprint density at radius 1 is 1.30 bits per heavy atom. The topological polar surface area (TPSA) is 64.9 Å². The maximum atomic E-state index is 6.21. The van der Waals surface area contributed by atoms with Crippen LogP contribution >= 0.6 is 11.8 Å². The van der Waals surface area contributed by atoms with E-state index in [2.05, 4.69) is 29.2 Å². The molecule has 0 atom stereocenters. The first-order valence-corrected chi connectivity index (χ1v) is 8.17. The normalized spacial score (nSPS) is 16.9. The maximum Gasteiger partial charge on any atom is 0.257 e. The van der Waals surface area contributed by atoms with Crippen LogP contribution in [0.1, 0.15) is 37.6 Å². The zero-order chi connectivity index (χ0) is 14.0. The fourth-order valence-electron chi connectivity index (χ4n) is 2.29. The lowest BCUT2D eigenvalue weighted by Gasteiger charge is -2.34. The highest BCUT2D eigenvalue weighted by molar-refractivity contribution is 7.98. The summed E-state index contributed by atoms with van der Waals surface area (Å²) in [5, 5.41) is 4.04. The molecule has 1 aromatic heterocycles. The Morgan fingerprint density at radius 3 is 2.65 bits per heavy atom. The number of nitrogens with zero attached hydrogens (tertiary/aromatic N) is 2. The fourth-order valence-corrected chi connectivity index (χ4v) is 2.92. The van der Waals surface area contributed by atoms with Crippen molar-refractivity contribution < 1.29 is 4.52 Å². The van der Waals surface area contributed by atoms with Crippen LogP contribution in [-0.2, 0) is 11.3 Å². The molecule has 2 N–H and O–H groups in total. The van der Waals surface area contributed by atoms with Crippen LogP contribution in [0.25, 0.3) is 11.5 Å². The van der Waals surface area contributed by atoms with Crippen molar-refractivity contribution in [3.8, 4) is 11.5 Å². The van der Waals surface area contributed by atoms with E-state index in [-0.39, 0.29) is 5.54 Å². The predicted octanol–water partition coefficient (Wildman–Crippen LogP) is 3.33. The zero-order valence-corrected chi connectivity index (χ0v) is 12.4. The summed E-state index contributed by atoms with van der Waals surface area (Å²) in [5.74, 6) is 3.38. The second-order valence-corrected chi connectivity index (χ2v) is 6.54. The predicted molar refractivity (Wildman–Crippen MR) is 81.3 cm³/mol. The van der Waals surface area contributed by atoms with E-state index in [0.717, 1.165) is 36.3 Å². The van der Waals surface area contributed by atoms with Gasteiger partial charge in [0.05, 0.1) is 5.54 Å². The number of hydrogen-bond donors (Lipinski definition) is 1. The van der Waals surface area contributed by atoms with Crippen molar-refractivity contribution >= 4 is 11.8 Å². The van der Waals surface area contributed by atoms with Crippen molar-refractivity contribution in [3.63, 3.8) is 0 Å². The highest BCUT2D eigenvalue weighted by atomic mass is 32.2. The molecular formula is C15H19N3OS. The van der Waals surface area contributed by atoms with Gasteiger partial charge in [0.15, 0.2) is 5.82 Å². The summed E-state index contributed by atoms with van der Waals surface area (Å²) < 4.78 is 5.35. The highest BCUT2D eigenvalue weighted by Crippen LogP contribution is 2.37. The maximum absolute atomic E-state index is 6.21. The number of rotatable bonds is 5. The molecule has 5 heteroatoms. The molecule has 0 saturated heterocycles. The van der Waals surface area contributed by atoms with Gasteiger partial charge in [0.2, 0.25) is 0 Å². The minimum absolute atomic E-state index is 0.362. The Balaban J connectivity index is 1.76. The first-order chi connectivity index (χ1) is 9.71. The van der Waals surface area contributed by atoms with Crippen LogP contribution in [0.5, 0.6) is 0 Å². The van der Waals surface area contributed by atoms with Gasteiger partial charge in [-0.1, -0.05) is 24.2 Å². The summed E-state index contributed by atoms with van der Waals surface area (Å²) in [4.78, 5) is 4.46. The average molecular weight is 289 g/mol. The van der Waals surface area contributed by atoms with Crippen LogP contribution in [0.2, 0.25) is 0 Å². The van der Waals surface area contributed by atoms with Gasteiger partial charge in [0, 0.05) is 11.3 Å². The molecule has 1 aliphatic carbocycles. The molecule has 0 amide bonds. The molecule has 0 radical (unpaired) electrons. The molecule has 1 heterocycles. The monoisotopic (exact) mass is 289 g/mol. The van der Waals surface area contributed by atoms with Gasteiger partial charge >= 0.3 is 0 Å². The largest absolute Gasteiger partial charge is 0.334 e. The van der Waals surface area contributed by atoms with Crippen molar-refractivity contribution in [3.05, 3.63) is 35.7 Å². The molecule has 106 valence electrons. The van der Waals surface area contributed by atoms with Crippen molar-refractivity contribution in [2.75, 3.05) is 5.75 Å². The van der Waals surface area contributed by atoms with Crippen LogP contribution in [0.3, 0.4) is 0 Å². The van der Waals surface area contributed by atoms with Gasteiger partial charge in [-0.25, -0.2) is 0 Å². The van der Waals surface area contributed by atoms with E-state index in [0.29, 0.717) is 11.7 Å². The molecule has 0 aliphatic heterocycles. The lowest BCUT2D eigenvalue weighted by atomic mass is 9.77. The Morgan fingerprint density at radius 2 is 2.05 bits per heavy atom. The molecule has 0 spiro atoms. The minimum Gasteiger partial charge on any atom is -0.334 e. The summed E-state index contributed by atoms with van der Waals surface area (Å²) in [6, 6.07) is 8.30. The SMILES string of the molecule is CCSCc1ccc(-c2nc(C3(N)CCC3)no2)cc1. The fraction of sp³-hybridized carbons (Fsp3) is 0.467. The highest BCUT2D eigenvalue weighted by Gasteiger charge is 2.39. The van der Waals surface area contributed by atoms with E-state index in [9.17, 15) is 0 Å². The first kappa shape index (κ1) is 13.6. The van der Waals surface area contributed by atoms with Crippen LogP contribution in [0, 0.1) is 0 Å². The van der Waals surface area contributed by atoms with Gasteiger partial charge < -0.3 is 10.3 Å². The lowest BCUT2D eigenvalue weighted by molar-refractivity contribution is 0.229. The van der Waals surface area contributed by atoms with Gasteiger partial charge in [0.1, 0.15) is 0 Å². The molecule has 0 unspecified atom stereocenters. The summed E-state index contributed by atoms with van der Waals surface area (Å²) in [7, 11) is 0. The number of nitrogens with two attached hydrogens (primary N) is 1. The first-order valence-electron chi connectivity index (χ1n) is 7.01. The van der Waals surface area contributed by atoms with Crippen molar-refractivity contribution in [1.82, 2.24) is 10.1 Å². The molecule has 3 rings (SSSR count). The third kappa shape index (κ3) is 2.60. The number of hydrogen-bond acceptors (Lipinski definition) is 5. The van der Waals surface area contributed by atoms with Crippen molar-refractivity contribution in [1.29, 1.82) is 0 Å². The number of benzene rings is 1. The minimum atomic E-state index is -0.362. The van der Waals surface area contributed by atoms with Crippen LogP contribution in [0.4, 0.5) is 0 Å². The summed E-state index contributed by atoms with van der Waals surface area (Å²) in [6.07, 6.45) is 3.03. The third-order valence-corrected chi connectivity index (χ3v) is 4.74. The van der Waals surface area contributed by atoms with E-state index in [1.165, 1.54) is 5.56 Å². The van der Waals surface area contributed by atoms with E-state index >= 15 is 0 Å². The molecule has 0 bridgehead atoms. The molecule has 1 aromatic carbocycles. The van der Waals surface area contributed by atoms with E-state index in [1.807, 2.05) is 23.9 Å². The zero-order valence-electron chi connectivity index (χ0n) is 11.6. The molecular weight excluding hydrogens is 270 g/mol. The van der Waals surface area contributed by atoms with Gasteiger partial charge in [0.25, 0.3) is 5.89 Å². The summed E-state index contributed by atoms with van der Waals surface area (Å²) >= 11 is 1.91. The molecule has 1 fully saturated rings. The third-order valence-electron chi connectivity index (χ3n) is 3.79. The Labute approximate surface area is 123 Å². The van der Waals surface area contributed by atoms with E-state index in [4.69, 9.17) is 10.3 Å². The van der Waals surface area contributed by atoms with Gasteiger partial charge in [-0.3, -0.25) is 0 Å². The number of thioether (sulfide) groups is 1. The lowest BCUT2D eigenvalue weighted by Crippen LogP contribution is -2.44. The Kier molecular flexibility index (Phi) is 3.81. The molecule has 1 aliphatic rings. The standard InChI is InChI=1S/C15H19N3OS/c1-2-20-10-11-4-6-12(7-5-11)13-17-14(18-19-13)15(16)8-3-9-15/h4-7H,2-3,8-10,16H2,1H3. The molecule has 2 aromatic rings. The second-order valence-electron chi connectivity index (χ2n) is 5.27. The average Bonchev–Trinajstić information content (AvgIpc) is 2.93. The van der Waals surface area contributed by atoms with Crippen LogP contribution in [-0.4, -0.2) is 15.9 Å². The second kappa shape index (κ2) is 5.58. The molecule has 20 heavy (non-hydrogen) atoms. The van der Waals surface area contributed by atoms with Crippen molar-refractivity contribution in [2.45, 2.75) is 37.5 Å². The summed E-state index contributed by atoms with van der Waals surface area (Å²) in [5.41, 5.74) is 8.12. The smallest absolute Gasteiger partial charge is 0.257 e. The van der Waals surface area contributed by atoms with Crippen LogP contribution < -0.4 is 5.73 Å². The van der Waals surface area contributed by atoms with Gasteiger partial charge in [-0.2, -0.15) is 16.7 Å². The van der Waals surface area contributed by atoms with E-state index < -0.39 is 0 Å². The molecule has 4 nitrogen and oxygen atoms in total. The number of aromatic nitrogens is 2.